The second-order valence-corrected chi connectivity index (χ2v) is 2.64. The number of H-pyrrole nitrogens is 1. The van der Waals surface area contributed by atoms with E-state index in [1.54, 1.807) is 6.21 Å². The van der Waals surface area contributed by atoms with Gasteiger partial charge >= 0.3 is 0 Å². The Morgan fingerprint density at radius 2 is 2.62 bits per heavy atom. The summed E-state index contributed by atoms with van der Waals surface area (Å²) < 4.78 is 0. The molecule has 0 bridgehead atoms. The number of hydrogen-bond acceptors (Lipinski definition) is 4. The highest BCUT2D eigenvalue weighted by molar-refractivity contribution is 6.32. The molecule has 0 aliphatic rings. The molecule has 1 aromatic heterocycles. The van der Waals surface area contributed by atoms with E-state index in [1.807, 2.05) is 6.92 Å². The predicted octanol–water partition coefficient (Wildman–Crippen LogP) is 1.23. The first-order valence-electron chi connectivity index (χ1n) is 3.76. The summed E-state index contributed by atoms with van der Waals surface area (Å²) in [5.74, 6) is 0. The minimum absolute atomic E-state index is 0.0586. The van der Waals surface area contributed by atoms with Crippen molar-refractivity contribution in [3.63, 3.8) is 0 Å². The Labute approximate surface area is 79.8 Å². The average Bonchev–Trinajstić information content (AvgIpc) is 2.13. The van der Waals surface area contributed by atoms with Gasteiger partial charge in [0.25, 0.3) is 5.56 Å². The zero-order valence-corrected chi connectivity index (χ0v) is 7.80. The van der Waals surface area contributed by atoms with Gasteiger partial charge in [-0.3, -0.25) is 10.2 Å². The third kappa shape index (κ3) is 2.55. The monoisotopic (exact) mass is 200 g/mol. The van der Waals surface area contributed by atoms with Crippen molar-refractivity contribution < 1.29 is 0 Å². The third-order valence-electron chi connectivity index (χ3n) is 1.25. The van der Waals surface area contributed by atoms with Crippen molar-refractivity contribution in [1.82, 2.24) is 10.2 Å². The second-order valence-electron chi connectivity index (χ2n) is 2.26. The lowest BCUT2D eigenvalue weighted by molar-refractivity contribution is 0.987. The molecule has 0 aliphatic carbocycles. The lowest BCUT2D eigenvalue weighted by atomic mass is 10.5. The smallest absolute Gasteiger partial charge is 0.275 e. The minimum atomic E-state index is -0.432. The van der Waals surface area contributed by atoms with Crippen molar-refractivity contribution in [1.29, 1.82) is 0 Å². The van der Waals surface area contributed by atoms with E-state index < -0.39 is 5.56 Å². The highest BCUT2D eigenvalue weighted by atomic mass is 35.5. The van der Waals surface area contributed by atoms with E-state index in [9.17, 15) is 4.79 Å². The first-order chi connectivity index (χ1) is 6.25. The summed E-state index contributed by atoms with van der Waals surface area (Å²) in [6.07, 6.45) is 3.87. The quantitative estimate of drug-likeness (QED) is 0.570. The molecule has 0 aliphatic heterocycles. The Bertz CT molecular complexity index is 360. The first-order valence-corrected chi connectivity index (χ1v) is 4.14. The van der Waals surface area contributed by atoms with Gasteiger partial charge in [0.1, 0.15) is 10.7 Å². The summed E-state index contributed by atoms with van der Waals surface area (Å²) in [6, 6.07) is 0. The van der Waals surface area contributed by atoms with E-state index in [2.05, 4.69) is 20.7 Å². The number of aromatic amines is 1. The summed E-state index contributed by atoms with van der Waals surface area (Å²) in [5, 5.41) is 9.63. The molecule has 1 rings (SSSR count). The number of anilines is 1. The molecule has 0 saturated carbocycles. The van der Waals surface area contributed by atoms with Crippen LogP contribution in [0.1, 0.15) is 13.3 Å². The summed E-state index contributed by atoms with van der Waals surface area (Å²) in [6.45, 7) is 1.95. The van der Waals surface area contributed by atoms with Gasteiger partial charge in [-0.15, -0.1) is 0 Å². The zero-order valence-electron chi connectivity index (χ0n) is 7.04. The maximum Gasteiger partial charge on any atom is 0.285 e. The van der Waals surface area contributed by atoms with E-state index in [-0.39, 0.29) is 5.02 Å². The van der Waals surface area contributed by atoms with E-state index >= 15 is 0 Å². The first kappa shape index (κ1) is 9.73. The van der Waals surface area contributed by atoms with E-state index in [1.165, 1.54) is 6.20 Å². The topological polar surface area (TPSA) is 70.1 Å². The molecule has 0 amide bonds. The standard InChI is InChI=1S/C7H9ClN4O/c1-2-3-9-11-5-4-10-12-7(13)6(5)8/h3-4H,2H2,1H3,(H2,11,12,13)/b9-3-. The number of nitrogens with zero attached hydrogens (tertiary/aromatic N) is 2. The van der Waals surface area contributed by atoms with Crippen molar-refractivity contribution in [2.24, 2.45) is 5.10 Å². The van der Waals surface area contributed by atoms with Crippen LogP contribution in [0.2, 0.25) is 5.02 Å². The molecule has 2 N–H and O–H groups in total. The van der Waals surface area contributed by atoms with Crippen LogP contribution in [0.3, 0.4) is 0 Å². The Kier molecular flexibility index (Phi) is 3.45. The van der Waals surface area contributed by atoms with Crippen LogP contribution in [0, 0.1) is 0 Å². The molecule has 0 saturated heterocycles. The molecule has 5 nitrogen and oxygen atoms in total. The maximum absolute atomic E-state index is 10.9. The van der Waals surface area contributed by atoms with Crippen molar-refractivity contribution in [3.05, 3.63) is 21.6 Å². The Morgan fingerprint density at radius 1 is 1.85 bits per heavy atom. The molecule has 70 valence electrons. The summed E-state index contributed by atoms with van der Waals surface area (Å²) in [5.41, 5.74) is 2.58. The largest absolute Gasteiger partial charge is 0.285 e. The van der Waals surface area contributed by atoms with Crippen LogP contribution < -0.4 is 11.0 Å². The van der Waals surface area contributed by atoms with Gasteiger partial charge in [0, 0.05) is 6.21 Å². The lowest BCUT2D eigenvalue weighted by Crippen LogP contribution is -2.09. The molecular weight excluding hydrogens is 192 g/mol. The van der Waals surface area contributed by atoms with Gasteiger partial charge in [-0.05, 0) is 6.42 Å². The second kappa shape index (κ2) is 4.61. The van der Waals surface area contributed by atoms with Crippen LogP contribution in [-0.4, -0.2) is 16.4 Å². The van der Waals surface area contributed by atoms with Crippen molar-refractivity contribution in [3.8, 4) is 0 Å². The highest BCUT2D eigenvalue weighted by Crippen LogP contribution is 2.13. The van der Waals surface area contributed by atoms with Crippen LogP contribution in [0.25, 0.3) is 0 Å². The number of halogens is 1. The minimum Gasteiger partial charge on any atom is -0.275 e. The zero-order chi connectivity index (χ0) is 9.68. The SMILES string of the molecule is CC/C=N\Nc1cn[nH]c(=O)c1Cl. The van der Waals surface area contributed by atoms with Gasteiger partial charge in [-0.1, -0.05) is 18.5 Å². The normalized spacial score (nSPS) is 10.6. The molecular formula is C7H9ClN4O. The number of aromatic nitrogens is 2. The molecule has 1 heterocycles. The molecule has 0 fully saturated rings. The fraction of sp³-hybridized carbons (Fsp3) is 0.286. The maximum atomic E-state index is 10.9. The van der Waals surface area contributed by atoms with Gasteiger partial charge in [-0.2, -0.15) is 10.2 Å². The van der Waals surface area contributed by atoms with Crippen LogP contribution in [0.15, 0.2) is 16.1 Å². The van der Waals surface area contributed by atoms with Gasteiger partial charge in [0.2, 0.25) is 0 Å². The lowest BCUT2D eigenvalue weighted by Gasteiger charge is -1.99. The summed E-state index contributed by atoms with van der Waals surface area (Å²) >= 11 is 5.65. The Morgan fingerprint density at radius 3 is 3.31 bits per heavy atom. The third-order valence-corrected chi connectivity index (χ3v) is 1.63. The molecule has 0 spiro atoms. The van der Waals surface area contributed by atoms with Gasteiger partial charge in [0.05, 0.1) is 6.20 Å². The number of hydrogen-bond donors (Lipinski definition) is 2. The van der Waals surface area contributed by atoms with Gasteiger partial charge in [0.15, 0.2) is 0 Å². The number of nitrogens with one attached hydrogen (secondary N) is 2. The van der Waals surface area contributed by atoms with Crippen molar-refractivity contribution in [2.45, 2.75) is 13.3 Å². The van der Waals surface area contributed by atoms with Gasteiger partial charge in [-0.25, -0.2) is 5.10 Å². The Hall–Kier alpha value is -1.36. The van der Waals surface area contributed by atoms with Crippen molar-refractivity contribution >= 4 is 23.5 Å². The molecule has 0 aromatic carbocycles. The fourth-order valence-electron chi connectivity index (χ4n) is 0.668. The number of hydrazone groups is 1. The van der Waals surface area contributed by atoms with E-state index in [0.29, 0.717) is 5.69 Å². The van der Waals surface area contributed by atoms with E-state index in [4.69, 9.17) is 11.6 Å². The summed E-state index contributed by atoms with van der Waals surface area (Å²) in [7, 11) is 0. The molecule has 13 heavy (non-hydrogen) atoms. The van der Waals surface area contributed by atoms with Crippen LogP contribution in [0.5, 0.6) is 0 Å². The Balaban J connectivity index is 2.83. The van der Waals surface area contributed by atoms with Crippen LogP contribution in [0.4, 0.5) is 5.69 Å². The van der Waals surface area contributed by atoms with Gasteiger partial charge < -0.3 is 0 Å². The average molecular weight is 201 g/mol. The van der Waals surface area contributed by atoms with Crippen LogP contribution in [-0.2, 0) is 0 Å². The highest BCUT2D eigenvalue weighted by Gasteiger charge is 2.02. The molecule has 0 unspecified atom stereocenters. The van der Waals surface area contributed by atoms with Crippen LogP contribution >= 0.6 is 11.6 Å². The molecule has 0 atom stereocenters. The fourth-order valence-corrected chi connectivity index (χ4v) is 0.801. The molecule has 6 heteroatoms. The number of rotatable bonds is 3. The molecule has 0 radical (unpaired) electrons. The molecule has 1 aromatic rings. The predicted molar refractivity (Wildman–Crippen MR) is 52.3 cm³/mol. The summed E-state index contributed by atoms with van der Waals surface area (Å²) in [4.78, 5) is 10.9. The van der Waals surface area contributed by atoms with Crippen molar-refractivity contribution in [2.75, 3.05) is 5.43 Å². The van der Waals surface area contributed by atoms with E-state index in [0.717, 1.165) is 6.42 Å².